The molecule has 1 aromatic rings. The van der Waals surface area contributed by atoms with Gasteiger partial charge in [-0.05, 0) is 5.57 Å². The van der Waals surface area contributed by atoms with E-state index in [0.717, 1.165) is 28.0 Å². The van der Waals surface area contributed by atoms with Crippen molar-refractivity contribution in [2.45, 2.75) is 18.0 Å². The zero-order valence-electron chi connectivity index (χ0n) is 15.2. The molecule has 2 aliphatic heterocycles. The third-order valence-corrected chi connectivity index (χ3v) is 5.93. The normalized spacial score (nSPS) is 21.0. The number of nitrogen functional groups attached to an aromatic ring is 1. The van der Waals surface area contributed by atoms with Gasteiger partial charge in [0, 0.05) is 11.1 Å². The Hall–Kier alpha value is -1.78. The van der Waals surface area contributed by atoms with E-state index in [0.29, 0.717) is 0 Å². The predicted octanol–water partition coefficient (Wildman–Crippen LogP) is -4.93. The molecule has 3 heterocycles. The van der Waals surface area contributed by atoms with Gasteiger partial charge in [-0.15, -0.1) is 23.1 Å². The van der Waals surface area contributed by atoms with Crippen molar-refractivity contribution in [1.82, 2.24) is 15.2 Å². The molecule has 0 aliphatic carbocycles. The SMILES string of the molecule is Nc1nc(C(=NOC(F)F)C(=O)NC2C(=O)N3C(C(=O)[O-])=C(CO)CS[C@@H]23)cs1.[Na+]. The maximum atomic E-state index is 12.5. The van der Waals surface area contributed by atoms with Crippen molar-refractivity contribution in [2.75, 3.05) is 18.1 Å². The third-order valence-electron chi connectivity index (χ3n) is 3.92. The van der Waals surface area contributed by atoms with E-state index in [2.05, 4.69) is 20.3 Å². The molecule has 2 atom stereocenters. The number of anilines is 1. The molecule has 4 N–H and O–H groups in total. The van der Waals surface area contributed by atoms with Gasteiger partial charge in [0.2, 0.25) is 0 Å². The first kappa shape index (κ1) is 24.5. The van der Waals surface area contributed by atoms with Crippen LogP contribution in [0.25, 0.3) is 0 Å². The first-order valence-electron chi connectivity index (χ1n) is 7.77. The number of carbonyl (C=O) groups excluding carboxylic acids is 3. The Kier molecular flexibility index (Phi) is 8.18. The zero-order chi connectivity index (χ0) is 21.3. The molecule has 0 spiro atoms. The average molecular weight is 471 g/mol. The molecule has 11 nitrogen and oxygen atoms in total. The molecule has 0 radical (unpaired) electrons. The van der Waals surface area contributed by atoms with Crippen LogP contribution in [0, 0.1) is 0 Å². The maximum absolute atomic E-state index is 12.5. The number of fused-ring (bicyclic) bond motifs is 1. The Labute approximate surface area is 197 Å². The first-order chi connectivity index (χ1) is 13.7. The van der Waals surface area contributed by atoms with E-state index in [1.807, 2.05) is 0 Å². The third kappa shape index (κ3) is 4.76. The minimum absolute atomic E-state index is 0. The number of carbonyl (C=O) groups is 3. The Balaban J connectivity index is 0.00000320. The number of aliphatic carboxylic acids is 1. The molecular weight excluding hydrogens is 459 g/mol. The standard InChI is InChI=1S/C14H13F2N5O6S2.Na/c15-13(16)27-20-6(5-3-29-14(17)18-5)9(23)19-7-10(24)21-8(12(25)26)4(1-22)2-28-11(7)21;/h3,7,11,13,22H,1-2H2,(H2,17,18)(H,19,23)(H,25,26);/q;+1/p-1/t7?,11-;/m0./s1. The van der Waals surface area contributed by atoms with Crippen LogP contribution in [0.5, 0.6) is 0 Å². The van der Waals surface area contributed by atoms with Crippen molar-refractivity contribution in [2.24, 2.45) is 5.16 Å². The second-order valence-corrected chi connectivity index (χ2v) is 7.63. The fourth-order valence-electron chi connectivity index (χ4n) is 2.70. The van der Waals surface area contributed by atoms with Crippen molar-refractivity contribution in [3.8, 4) is 0 Å². The van der Waals surface area contributed by atoms with Crippen molar-refractivity contribution < 1.29 is 67.8 Å². The van der Waals surface area contributed by atoms with Gasteiger partial charge in [0.05, 0.1) is 18.3 Å². The quantitative estimate of drug-likeness (QED) is 0.153. The van der Waals surface area contributed by atoms with Crippen LogP contribution in [0.2, 0.25) is 0 Å². The van der Waals surface area contributed by atoms with Gasteiger partial charge in [-0.1, -0.05) is 5.16 Å². The van der Waals surface area contributed by atoms with Crippen molar-refractivity contribution >= 4 is 51.7 Å². The van der Waals surface area contributed by atoms with Gasteiger partial charge in [-0.25, -0.2) is 4.98 Å². The summed E-state index contributed by atoms with van der Waals surface area (Å²) in [5, 5.41) is 26.5. The second kappa shape index (κ2) is 10.0. The number of carboxylic acids is 1. The van der Waals surface area contributed by atoms with Crippen LogP contribution in [0.15, 0.2) is 21.8 Å². The van der Waals surface area contributed by atoms with Crippen LogP contribution >= 0.6 is 23.1 Å². The number of thiazole rings is 1. The predicted molar refractivity (Wildman–Crippen MR) is 94.3 cm³/mol. The largest absolute Gasteiger partial charge is 1.00 e. The van der Waals surface area contributed by atoms with Gasteiger partial charge in [0.25, 0.3) is 11.8 Å². The molecule has 16 heteroatoms. The van der Waals surface area contributed by atoms with E-state index in [9.17, 15) is 33.4 Å². The Morgan fingerprint density at radius 1 is 1.53 bits per heavy atom. The summed E-state index contributed by atoms with van der Waals surface area (Å²) in [7, 11) is 0. The molecule has 2 amide bonds. The van der Waals surface area contributed by atoms with E-state index in [1.165, 1.54) is 5.38 Å². The summed E-state index contributed by atoms with van der Waals surface area (Å²) in [5.41, 5.74) is 4.36. The molecule has 0 aromatic carbocycles. The van der Waals surface area contributed by atoms with Gasteiger partial charge in [0.15, 0.2) is 10.8 Å². The second-order valence-electron chi connectivity index (χ2n) is 5.64. The topological polar surface area (TPSA) is 170 Å². The van der Waals surface area contributed by atoms with E-state index in [4.69, 9.17) is 5.73 Å². The minimum atomic E-state index is -3.30. The Bertz CT molecular complexity index is 926. The van der Waals surface area contributed by atoms with Crippen molar-refractivity contribution in [3.05, 3.63) is 22.3 Å². The number of rotatable bonds is 7. The van der Waals surface area contributed by atoms with E-state index in [1.54, 1.807) is 0 Å². The number of nitrogens with two attached hydrogens (primary N) is 1. The fourth-order valence-corrected chi connectivity index (χ4v) is 4.58. The summed E-state index contributed by atoms with van der Waals surface area (Å²) in [6.45, 7) is -3.87. The van der Waals surface area contributed by atoms with E-state index >= 15 is 0 Å². The van der Waals surface area contributed by atoms with Crippen LogP contribution in [-0.2, 0) is 19.2 Å². The number of β-lactam (4-membered cyclic amide) rings is 1. The molecule has 1 saturated heterocycles. The zero-order valence-corrected chi connectivity index (χ0v) is 18.8. The summed E-state index contributed by atoms with van der Waals surface area (Å²) >= 11 is 2.04. The average Bonchev–Trinajstić information content (AvgIpc) is 3.10. The van der Waals surface area contributed by atoms with Crippen molar-refractivity contribution in [1.29, 1.82) is 0 Å². The number of aromatic nitrogens is 1. The molecule has 0 saturated carbocycles. The molecule has 1 unspecified atom stereocenters. The van der Waals surface area contributed by atoms with E-state index < -0.39 is 53.8 Å². The summed E-state index contributed by atoms with van der Waals surface area (Å²) < 4.78 is 24.7. The first-order valence-corrected chi connectivity index (χ1v) is 9.70. The van der Waals surface area contributed by atoms with Gasteiger partial charge >= 0.3 is 36.2 Å². The van der Waals surface area contributed by atoms with Gasteiger partial charge in [0.1, 0.15) is 17.1 Å². The molecule has 0 bridgehead atoms. The van der Waals surface area contributed by atoms with Crippen LogP contribution in [0.1, 0.15) is 5.69 Å². The van der Waals surface area contributed by atoms with Gasteiger partial charge < -0.3 is 30.9 Å². The number of amides is 2. The van der Waals surface area contributed by atoms with Crippen LogP contribution in [-0.4, -0.2) is 68.9 Å². The molecule has 1 fully saturated rings. The molecule has 3 rings (SSSR count). The number of halogens is 2. The number of nitrogens with one attached hydrogen (secondary N) is 1. The molecule has 156 valence electrons. The number of aliphatic hydroxyl groups excluding tert-OH is 1. The minimum Gasteiger partial charge on any atom is -0.543 e. The summed E-state index contributed by atoms with van der Waals surface area (Å²) in [6, 6.07) is -1.16. The number of alkyl halides is 2. The number of hydrogen-bond donors (Lipinski definition) is 3. The number of oxime groups is 1. The number of thioether (sulfide) groups is 1. The van der Waals surface area contributed by atoms with Crippen LogP contribution in [0.4, 0.5) is 13.9 Å². The Morgan fingerprint density at radius 3 is 2.77 bits per heavy atom. The monoisotopic (exact) mass is 471 g/mol. The Morgan fingerprint density at radius 2 is 2.23 bits per heavy atom. The number of hydrogen-bond acceptors (Lipinski definition) is 11. The van der Waals surface area contributed by atoms with Crippen molar-refractivity contribution in [3.63, 3.8) is 0 Å². The fraction of sp³-hybridized carbons (Fsp3) is 0.357. The summed E-state index contributed by atoms with van der Waals surface area (Å²) in [4.78, 5) is 44.8. The molecule has 1 aromatic heterocycles. The molecule has 2 aliphatic rings. The number of aliphatic hydroxyl groups is 1. The van der Waals surface area contributed by atoms with Crippen LogP contribution in [0.3, 0.4) is 0 Å². The van der Waals surface area contributed by atoms with Gasteiger partial charge in [-0.2, -0.15) is 8.78 Å². The summed E-state index contributed by atoms with van der Waals surface area (Å²) in [5.74, 6) is -3.35. The molecule has 30 heavy (non-hydrogen) atoms. The number of nitrogens with zero attached hydrogens (tertiary/aromatic N) is 3. The van der Waals surface area contributed by atoms with Gasteiger partial charge in [-0.3, -0.25) is 14.5 Å². The van der Waals surface area contributed by atoms with Crippen LogP contribution < -0.4 is 45.7 Å². The maximum Gasteiger partial charge on any atom is 1.00 e. The number of carboxylic acid groups (broad SMARTS) is 1. The smallest absolute Gasteiger partial charge is 0.543 e. The summed E-state index contributed by atoms with van der Waals surface area (Å²) in [6.07, 6.45) is 0. The van der Waals surface area contributed by atoms with E-state index in [-0.39, 0.29) is 51.7 Å². The molecular formula is C14H12F2N5NaO6S2.